The van der Waals surface area contributed by atoms with Crippen molar-refractivity contribution in [3.63, 3.8) is 0 Å². The van der Waals surface area contributed by atoms with Gasteiger partial charge in [-0.25, -0.2) is 10.2 Å². The van der Waals surface area contributed by atoms with Crippen molar-refractivity contribution in [1.29, 1.82) is 0 Å². The molecule has 0 unspecified atom stereocenters. The second-order valence-electron chi connectivity index (χ2n) is 6.86. The number of carbonyl (C=O) groups excluding carboxylic acids is 2. The molecule has 3 amide bonds. The normalized spacial score (nSPS) is 14.4. The van der Waals surface area contributed by atoms with E-state index in [0.717, 1.165) is 31.7 Å². The van der Waals surface area contributed by atoms with Crippen molar-refractivity contribution in [1.82, 2.24) is 15.8 Å². The van der Waals surface area contributed by atoms with Gasteiger partial charge in [-0.2, -0.15) is 0 Å². The van der Waals surface area contributed by atoms with E-state index < -0.39 is 6.03 Å². The first-order valence-electron chi connectivity index (χ1n) is 9.55. The number of benzene rings is 2. The lowest BCUT2D eigenvalue weighted by molar-refractivity contribution is -0.122. The van der Waals surface area contributed by atoms with Gasteiger partial charge in [0.15, 0.2) is 0 Å². The summed E-state index contributed by atoms with van der Waals surface area (Å²) >= 11 is 0. The maximum absolute atomic E-state index is 12.0. The van der Waals surface area contributed by atoms with Crippen LogP contribution in [0.25, 0.3) is 0 Å². The van der Waals surface area contributed by atoms with E-state index in [1.165, 1.54) is 5.69 Å². The van der Waals surface area contributed by atoms with Crippen molar-refractivity contribution in [2.45, 2.75) is 13.3 Å². The lowest BCUT2D eigenvalue weighted by Crippen LogP contribution is -2.48. The van der Waals surface area contributed by atoms with Crippen molar-refractivity contribution in [2.75, 3.05) is 42.9 Å². The summed E-state index contributed by atoms with van der Waals surface area (Å²) in [7, 11) is 0. The Morgan fingerprint density at radius 1 is 0.893 bits per heavy atom. The summed E-state index contributed by atoms with van der Waals surface area (Å²) < 4.78 is 0. The highest BCUT2D eigenvalue weighted by molar-refractivity contribution is 5.91. The summed E-state index contributed by atoms with van der Waals surface area (Å²) in [5.41, 5.74) is 7.77. The van der Waals surface area contributed by atoms with Gasteiger partial charge in [-0.3, -0.25) is 15.1 Å². The third-order valence-corrected chi connectivity index (χ3v) is 4.86. The first-order chi connectivity index (χ1) is 13.6. The number of amides is 3. The fraction of sp³-hybridized carbons (Fsp3) is 0.333. The highest BCUT2D eigenvalue weighted by Crippen LogP contribution is 2.15. The standard InChI is InChI=1S/C21H27N5O2/c1-17-7-5-6-10-19(17)22-21(28)24-23-20(27)11-12-25-13-15-26(16-14-25)18-8-3-2-4-9-18/h2-10H,11-16H2,1H3,(H,23,27)(H2,22,24,28). The Hall–Kier alpha value is -3.06. The molecule has 7 nitrogen and oxygen atoms in total. The summed E-state index contributed by atoms with van der Waals surface area (Å²) in [5, 5.41) is 2.71. The highest BCUT2D eigenvalue weighted by Gasteiger charge is 2.17. The zero-order chi connectivity index (χ0) is 19.8. The average molecular weight is 381 g/mol. The van der Waals surface area contributed by atoms with Crippen LogP contribution in [0.15, 0.2) is 54.6 Å². The Balaban J connectivity index is 1.33. The van der Waals surface area contributed by atoms with Gasteiger partial charge < -0.3 is 10.2 Å². The van der Waals surface area contributed by atoms with Crippen molar-refractivity contribution >= 4 is 23.3 Å². The molecule has 1 fully saturated rings. The SMILES string of the molecule is Cc1ccccc1NC(=O)NNC(=O)CCN1CCN(c2ccccc2)CC1. The number of para-hydroxylation sites is 2. The second-order valence-corrected chi connectivity index (χ2v) is 6.86. The quantitative estimate of drug-likeness (QED) is 0.695. The molecule has 0 bridgehead atoms. The molecule has 28 heavy (non-hydrogen) atoms. The van der Waals surface area contributed by atoms with Gasteiger partial charge in [0.25, 0.3) is 0 Å². The van der Waals surface area contributed by atoms with Crippen LogP contribution in [0.5, 0.6) is 0 Å². The van der Waals surface area contributed by atoms with Crippen LogP contribution in [0.4, 0.5) is 16.2 Å². The average Bonchev–Trinajstić information content (AvgIpc) is 2.73. The van der Waals surface area contributed by atoms with Gasteiger partial charge in [0.1, 0.15) is 0 Å². The van der Waals surface area contributed by atoms with Crippen LogP contribution >= 0.6 is 0 Å². The van der Waals surface area contributed by atoms with Crippen LogP contribution in [0.1, 0.15) is 12.0 Å². The molecule has 2 aromatic rings. The third-order valence-electron chi connectivity index (χ3n) is 4.86. The van der Waals surface area contributed by atoms with E-state index in [4.69, 9.17) is 0 Å². The number of hydrogen-bond acceptors (Lipinski definition) is 4. The number of hydrogen-bond donors (Lipinski definition) is 3. The Labute approximate surface area is 165 Å². The monoisotopic (exact) mass is 381 g/mol. The molecule has 1 aliphatic heterocycles. The second kappa shape index (κ2) is 9.75. The van der Waals surface area contributed by atoms with E-state index >= 15 is 0 Å². The summed E-state index contributed by atoms with van der Waals surface area (Å²) in [6.07, 6.45) is 0.343. The minimum atomic E-state index is -0.459. The smallest absolute Gasteiger partial charge is 0.337 e. The zero-order valence-electron chi connectivity index (χ0n) is 16.1. The topological polar surface area (TPSA) is 76.7 Å². The number of urea groups is 1. The number of aryl methyl sites for hydroxylation is 1. The van der Waals surface area contributed by atoms with Crippen LogP contribution < -0.4 is 21.1 Å². The summed E-state index contributed by atoms with van der Waals surface area (Å²) in [6.45, 7) is 6.32. The number of anilines is 2. The predicted octanol–water partition coefficient (Wildman–Crippen LogP) is 2.36. The molecule has 0 atom stereocenters. The Morgan fingerprint density at radius 3 is 2.29 bits per heavy atom. The number of carbonyl (C=O) groups is 2. The lowest BCUT2D eigenvalue weighted by atomic mass is 10.2. The van der Waals surface area contributed by atoms with Gasteiger partial charge >= 0.3 is 6.03 Å². The molecular weight excluding hydrogens is 354 g/mol. The van der Waals surface area contributed by atoms with Gasteiger partial charge in [0.2, 0.25) is 5.91 Å². The van der Waals surface area contributed by atoms with Crippen LogP contribution in [-0.2, 0) is 4.79 Å². The number of rotatable bonds is 5. The minimum Gasteiger partial charge on any atom is -0.369 e. The molecule has 0 spiro atoms. The van der Waals surface area contributed by atoms with Gasteiger partial charge in [0, 0.05) is 50.5 Å². The predicted molar refractivity (Wildman–Crippen MR) is 111 cm³/mol. The molecule has 3 N–H and O–H groups in total. The minimum absolute atomic E-state index is 0.203. The maximum atomic E-state index is 12.0. The molecule has 0 radical (unpaired) electrons. The van der Waals surface area contributed by atoms with E-state index in [9.17, 15) is 9.59 Å². The molecule has 7 heteroatoms. The fourth-order valence-electron chi connectivity index (χ4n) is 3.18. The molecule has 0 aromatic heterocycles. The fourth-order valence-corrected chi connectivity index (χ4v) is 3.18. The van der Waals surface area contributed by atoms with Crippen molar-refractivity contribution in [3.8, 4) is 0 Å². The number of nitrogens with zero attached hydrogens (tertiary/aromatic N) is 2. The first kappa shape index (κ1) is 19.7. The van der Waals surface area contributed by atoms with Crippen LogP contribution in [0.2, 0.25) is 0 Å². The number of piperazine rings is 1. The van der Waals surface area contributed by atoms with Crippen LogP contribution in [0.3, 0.4) is 0 Å². The highest BCUT2D eigenvalue weighted by atomic mass is 16.2. The molecule has 1 heterocycles. The van der Waals surface area contributed by atoms with Gasteiger partial charge in [-0.05, 0) is 30.7 Å². The Bertz CT molecular complexity index is 788. The molecular formula is C21H27N5O2. The van der Waals surface area contributed by atoms with Crippen molar-refractivity contribution in [2.24, 2.45) is 0 Å². The molecule has 0 saturated carbocycles. The number of hydrazine groups is 1. The lowest BCUT2D eigenvalue weighted by Gasteiger charge is -2.36. The molecule has 1 aliphatic rings. The summed E-state index contributed by atoms with van der Waals surface area (Å²) in [4.78, 5) is 28.5. The van der Waals surface area contributed by atoms with Gasteiger partial charge in [-0.1, -0.05) is 36.4 Å². The van der Waals surface area contributed by atoms with E-state index in [-0.39, 0.29) is 5.91 Å². The number of nitrogens with one attached hydrogen (secondary N) is 3. The molecule has 2 aromatic carbocycles. The molecule has 148 valence electrons. The summed E-state index contributed by atoms with van der Waals surface area (Å²) in [6, 6.07) is 17.4. The van der Waals surface area contributed by atoms with E-state index in [1.54, 1.807) is 0 Å². The Morgan fingerprint density at radius 2 is 1.57 bits per heavy atom. The largest absolute Gasteiger partial charge is 0.369 e. The zero-order valence-corrected chi connectivity index (χ0v) is 16.1. The van der Waals surface area contributed by atoms with Crippen molar-refractivity contribution in [3.05, 3.63) is 60.2 Å². The molecule has 3 rings (SSSR count). The van der Waals surface area contributed by atoms with Gasteiger partial charge in [-0.15, -0.1) is 0 Å². The summed E-state index contributed by atoms with van der Waals surface area (Å²) in [5.74, 6) is -0.203. The maximum Gasteiger partial charge on any atom is 0.337 e. The van der Waals surface area contributed by atoms with Gasteiger partial charge in [0.05, 0.1) is 0 Å². The van der Waals surface area contributed by atoms with Crippen molar-refractivity contribution < 1.29 is 9.59 Å². The van der Waals surface area contributed by atoms with E-state index in [2.05, 4.69) is 38.1 Å². The van der Waals surface area contributed by atoms with E-state index in [0.29, 0.717) is 18.7 Å². The molecule has 1 saturated heterocycles. The molecule has 0 aliphatic carbocycles. The van der Waals surface area contributed by atoms with Crippen LogP contribution in [0, 0.1) is 6.92 Å². The van der Waals surface area contributed by atoms with E-state index in [1.807, 2.05) is 49.4 Å². The third kappa shape index (κ3) is 5.72. The Kier molecular flexibility index (Phi) is 6.86. The van der Waals surface area contributed by atoms with Crippen LogP contribution in [-0.4, -0.2) is 49.6 Å². The first-order valence-corrected chi connectivity index (χ1v) is 9.55.